The van der Waals surface area contributed by atoms with Gasteiger partial charge in [0.25, 0.3) is 0 Å². The summed E-state index contributed by atoms with van der Waals surface area (Å²) in [4.78, 5) is 0. The van der Waals surface area contributed by atoms with E-state index in [2.05, 4.69) is 5.16 Å². The highest BCUT2D eigenvalue weighted by atomic mass is 16.5. The van der Waals surface area contributed by atoms with E-state index >= 15 is 0 Å². The van der Waals surface area contributed by atoms with Gasteiger partial charge in [0, 0.05) is 0 Å². The molecule has 1 aromatic carbocycles. The van der Waals surface area contributed by atoms with Gasteiger partial charge in [-0.05, 0) is 13.0 Å². The molecule has 96 valence electrons. The first-order chi connectivity index (χ1) is 8.65. The van der Waals surface area contributed by atoms with Crippen molar-refractivity contribution in [1.82, 2.24) is 0 Å². The van der Waals surface area contributed by atoms with Crippen molar-refractivity contribution in [2.45, 2.75) is 6.92 Å². The molecule has 0 aliphatic heterocycles. The fraction of sp³-hybridized carbons (Fsp3) is 0.250. The molecule has 0 aliphatic rings. The number of phenols is 1. The number of aromatic hydroxyl groups is 1. The van der Waals surface area contributed by atoms with Crippen molar-refractivity contribution in [3.05, 3.63) is 17.9 Å². The molecule has 0 bridgehead atoms. The molecule has 0 saturated carbocycles. The Morgan fingerprint density at radius 3 is 2.50 bits per heavy atom. The van der Waals surface area contributed by atoms with Gasteiger partial charge in [-0.2, -0.15) is 0 Å². The highest BCUT2D eigenvalue weighted by molar-refractivity contribution is 6.10. The number of methoxy groups -OCH3 is 2. The van der Waals surface area contributed by atoms with Gasteiger partial charge in [-0.1, -0.05) is 5.16 Å². The van der Waals surface area contributed by atoms with Crippen LogP contribution in [0, 0.1) is 0 Å². The van der Waals surface area contributed by atoms with Gasteiger partial charge in [0.05, 0.1) is 37.1 Å². The zero-order chi connectivity index (χ0) is 13.3. The number of oxime groups is 1. The van der Waals surface area contributed by atoms with Crippen LogP contribution < -0.4 is 9.47 Å². The van der Waals surface area contributed by atoms with E-state index in [1.165, 1.54) is 20.5 Å². The number of rotatable bonds is 3. The van der Waals surface area contributed by atoms with Gasteiger partial charge in [0.15, 0.2) is 11.3 Å². The number of fused-ring (bicyclic) bond motifs is 1. The number of phenolic OH excluding ortho intramolecular Hbond substituents is 1. The minimum atomic E-state index is -0.0771. The molecule has 0 unspecified atom stereocenters. The largest absolute Gasteiger partial charge is 0.506 e. The van der Waals surface area contributed by atoms with E-state index in [9.17, 15) is 5.11 Å². The van der Waals surface area contributed by atoms with Crippen LogP contribution in [0.5, 0.6) is 17.2 Å². The summed E-state index contributed by atoms with van der Waals surface area (Å²) < 4.78 is 15.7. The van der Waals surface area contributed by atoms with E-state index in [1.54, 1.807) is 13.0 Å². The summed E-state index contributed by atoms with van der Waals surface area (Å²) in [6, 6.07) is 1.60. The lowest BCUT2D eigenvalue weighted by molar-refractivity contribution is 0.317. The topological polar surface area (TPSA) is 84.4 Å². The molecule has 0 atom stereocenters. The molecule has 0 radical (unpaired) electrons. The maximum atomic E-state index is 10.2. The molecule has 0 aliphatic carbocycles. The van der Waals surface area contributed by atoms with E-state index < -0.39 is 0 Å². The lowest BCUT2D eigenvalue weighted by Crippen LogP contribution is -2.02. The van der Waals surface area contributed by atoms with E-state index in [1.807, 2.05) is 0 Å². The van der Waals surface area contributed by atoms with Crippen molar-refractivity contribution in [3.63, 3.8) is 0 Å². The van der Waals surface area contributed by atoms with E-state index in [-0.39, 0.29) is 22.8 Å². The van der Waals surface area contributed by atoms with Crippen LogP contribution in [0.4, 0.5) is 0 Å². The van der Waals surface area contributed by atoms with Crippen LogP contribution in [0.15, 0.2) is 21.9 Å². The second kappa shape index (κ2) is 4.48. The molecule has 18 heavy (non-hydrogen) atoms. The zero-order valence-electron chi connectivity index (χ0n) is 10.2. The minimum absolute atomic E-state index is 0.0771. The number of ether oxygens (including phenoxy) is 2. The third-order valence-corrected chi connectivity index (χ3v) is 2.72. The van der Waals surface area contributed by atoms with Gasteiger partial charge in [0.2, 0.25) is 5.75 Å². The maximum absolute atomic E-state index is 10.2. The smallest absolute Gasteiger partial charge is 0.205 e. The molecular formula is C12H13NO5. The number of furan rings is 1. The lowest BCUT2D eigenvalue weighted by atomic mass is 10.0. The van der Waals surface area contributed by atoms with Gasteiger partial charge in [-0.15, -0.1) is 0 Å². The Labute approximate surface area is 103 Å². The van der Waals surface area contributed by atoms with Crippen molar-refractivity contribution >= 4 is 16.7 Å². The first-order valence-electron chi connectivity index (χ1n) is 5.18. The molecule has 6 nitrogen and oxygen atoms in total. The lowest BCUT2D eigenvalue weighted by Gasteiger charge is -2.14. The molecular weight excluding hydrogens is 238 g/mol. The van der Waals surface area contributed by atoms with Crippen molar-refractivity contribution in [2.24, 2.45) is 5.16 Å². The second-order valence-corrected chi connectivity index (χ2v) is 3.64. The predicted octanol–water partition coefficient (Wildman–Crippen LogP) is 2.35. The van der Waals surface area contributed by atoms with Gasteiger partial charge >= 0.3 is 0 Å². The van der Waals surface area contributed by atoms with Gasteiger partial charge in [0.1, 0.15) is 5.75 Å². The molecule has 1 heterocycles. The molecule has 0 fully saturated rings. The molecule has 2 aromatic rings. The van der Waals surface area contributed by atoms with Crippen molar-refractivity contribution in [3.8, 4) is 17.2 Å². The third-order valence-electron chi connectivity index (χ3n) is 2.72. The highest BCUT2D eigenvalue weighted by Crippen LogP contribution is 2.45. The fourth-order valence-corrected chi connectivity index (χ4v) is 1.90. The average Bonchev–Trinajstić information content (AvgIpc) is 2.87. The van der Waals surface area contributed by atoms with Crippen molar-refractivity contribution in [2.75, 3.05) is 14.2 Å². The summed E-state index contributed by atoms with van der Waals surface area (Å²) in [7, 11) is 2.90. The first kappa shape index (κ1) is 12.1. The summed E-state index contributed by atoms with van der Waals surface area (Å²) in [6.07, 6.45) is 1.43. The van der Waals surface area contributed by atoms with Gasteiger partial charge < -0.3 is 24.2 Å². The van der Waals surface area contributed by atoms with Crippen LogP contribution in [0.3, 0.4) is 0 Å². The Bertz CT molecular complexity index is 614. The molecule has 6 heteroatoms. The van der Waals surface area contributed by atoms with E-state index in [0.717, 1.165) is 0 Å². The Balaban J connectivity index is 2.95. The SMILES string of the molecule is COc1c(C(C)=NO)c(O)c2ccoc2c1OC. The van der Waals surface area contributed by atoms with Gasteiger partial charge in [-0.25, -0.2) is 0 Å². The monoisotopic (exact) mass is 251 g/mol. The Hall–Kier alpha value is -2.37. The highest BCUT2D eigenvalue weighted by Gasteiger charge is 2.24. The maximum Gasteiger partial charge on any atom is 0.205 e. The Kier molecular flexibility index (Phi) is 3.01. The van der Waals surface area contributed by atoms with Crippen LogP contribution in [-0.2, 0) is 0 Å². The number of hydrogen-bond donors (Lipinski definition) is 2. The van der Waals surface area contributed by atoms with Crippen LogP contribution in [0.2, 0.25) is 0 Å². The fourth-order valence-electron chi connectivity index (χ4n) is 1.90. The van der Waals surface area contributed by atoms with E-state index in [4.69, 9.17) is 19.1 Å². The summed E-state index contributed by atoms with van der Waals surface area (Å²) in [6.45, 7) is 1.54. The summed E-state index contributed by atoms with van der Waals surface area (Å²) in [5.74, 6) is 0.521. The number of hydrogen-bond acceptors (Lipinski definition) is 6. The number of benzene rings is 1. The second-order valence-electron chi connectivity index (χ2n) is 3.64. The normalized spacial score (nSPS) is 11.8. The Morgan fingerprint density at radius 1 is 1.28 bits per heavy atom. The molecule has 1 aromatic heterocycles. The number of nitrogens with zero attached hydrogens (tertiary/aromatic N) is 1. The summed E-state index contributed by atoms with van der Waals surface area (Å²) in [5, 5.41) is 22.6. The van der Waals surface area contributed by atoms with Crippen molar-refractivity contribution < 1.29 is 24.2 Å². The van der Waals surface area contributed by atoms with Gasteiger partial charge in [-0.3, -0.25) is 0 Å². The molecule has 2 N–H and O–H groups in total. The van der Waals surface area contributed by atoms with Crippen LogP contribution in [-0.4, -0.2) is 30.2 Å². The third kappa shape index (κ3) is 1.54. The quantitative estimate of drug-likeness (QED) is 0.497. The molecule has 2 rings (SSSR count). The standard InChI is InChI=1S/C12H13NO5/c1-6(13-15)8-9(14)7-4-5-18-10(7)12(17-3)11(8)16-2/h4-5,14-15H,1-3H3. The molecule has 0 saturated heterocycles. The Morgan fingerprint density at radius 2 is 1.94 bits per heavy atom. The first-order valence-corrected chi connectivity index (χ1v) is 5.18. The van der Waals surface area contributed by atoms with Crippen LogP contribution in [0.25, 0.3) is 11.0 Å². The molecule has 0 spiro atoms. The predicted molar refractivity (Wildman–Crippen MR) is 65.0 cm³/mol. The van der Waals surface area contributed by atoms with Crippen LogP contribution in [0.1, 0.15) is 12.5 Å². The van der Waals surface area contributed by atoms with Crippen molar-refractivity contribution in [1.29, 1.82) is 0 Å². The zero-order valence-corrected chi connectivity index (χ0v) is 10.2. The van der Waals surface area contributed by atoms with Crippen LogP contribution >= 0.6 is 0 Å². The molecule has 0 amide bonds. The summed E-state index contributed by atoms with van der Waals surface area (Å²) in [5.41, 5.74) is 0.859. The summed E-state index contributed by atoms with van der Waals surface area (Å²) >= 11 is 0. The minimum Gasteiger partial charge on any atom is -0.506 e. The van der Waals surface area contributed by atoms with E-state index in [0.29, 0.717) is 16.7 Å². The average molecular weight is 251 g/mol.